The van der Waals surface area contributed by atoms with Gasteiger partial charge in [0.2, 0.25) is 0 Å². The van der Waals surface area contributed by atoms with Gasteiger partial charge in [-0.15, -0.1) is 12.3 Å². The van der Waals surface area contributed by atoms with Crippen LogP contribution in [0.4, 0.5) is 0 Å². The van der Waals surface area contributed by atoms with Gasteiger partial charge in [-0.3, -0.25) is 0 Å². The normalized spacial score (nSPS) is 15.5. The second kappa shape index (κ2) is 6.24. The van der Waals surface area contributed by atoms with Crippen LogP contribution in [0.1, 0.15) is 39.5 Å². The van der Waals surface area contributed by atoms with Crippen molar-refractivity contribution in [2.45, 2.75) is 45.6 Å². The number of aliphatic hydroxyl groups is 1. The van der Waals surface area contributed by atoms with Gasteiger partial charge in [0, 0.05) is 6.42 Å². The molecule has 0 bridgehead atoms. The zero-order valence-electron chi connectivity index (χ0n) is 7.51. The molecule has 0 aromatic rings. The van der Waals surface area contributed by atoms with Crippen molar-refractivity contribution < 1.29 is 5.11 Å². The first kappa shape index (κ1) is 10.5. The summed E-state index contributed by atoms with van der Waals surface area (Å²) in [5.41, 5.74) is 0. The number of hydrogen-bond acceptors (Lipinski definition) is 1. The van der Waals surface area contributed by atoms with Crippen LogP contribution < -0.4 is 0 Å². The lowest BCUT2D eigenvalue weighted by Crippen LogP contribution is -2.06. The maximum atomic E-state index is 9.04. The van der Waals surface area contributed by atoms with E-state index in [9.17, 15) is 0 Å². The molecule has 1 N–H and O–H groups in total. The Morgan fingerprint density at radius 1 is 1.45 bits per heavy atom. The first-order chi connectivity index (χ1) is 5.16. The summed E-state index contributed by atoms with van der Waals surface area (Å²) < 4.78 is 0. The van der Waals surface area contributed by atoms with Gasteiger partial charge in [-0.2, -0.15) is 0 Å². The highest BCUT2D eigenvalue weighted by molar-refractivity contribution is 4.83. The van der Waals surface area contributed by atoms with Crippen molar-refractivity contribution in [2.75, 3.05) is 0 Å². The van der Waals surface area contributed by atoms with Gasteiger partial charge < -0.3 is 5.11 Å². The molecule has 0 aromatic heterocycles. The van der Waals surface area contributed by atoms with E-state index in [1.165, 1.54) is 0 Å². The molecule has 64 valence electrons. The zero-order chi connectivity index (χ0) is 8.69. The predicted molar refractivity (Wildman–Crippen MR) is 48.1 cm³/mol. The van der Waals surface area contributed by atoms with E-state index >= 15 is 0 Å². The number of aliphatic hydroxyl groups excluding tert-OH is 1. The summed E-state index contributed by atoms with van der Waals surface area (Å²) in [6, 6.07) is 0. The molecule has 2 atom stereocenters. The summed E-state index contributed by atoms with van der Waals surface area (Å²) in [4.78, 5) is 0. The van der Waals surface area contributed by atoms with Crippen molar-refractivity contribution in [3.63, 3.8) is 0 Å². The van der Waals surface area contributed by atoms with Crippen LogP contribution in [0.3, 0.4) is 0 Å². The summed E-state index contributed by atoms with van der Waals surface area (Å²) >= 11 is 0. The SMILES string of the molecule is C#CCCCC(C)CC(C)O. The van der Waals surface area contributed by atoms with Gasteiger partial charge in [0.15, 0.2) is 0 Å². The van der Waals surface area contributed by atoms with Gasteiger partial charge in [-0.25, -0.2) is 0 Å². The Bertz CT molecular complexity index is 121. The molecule has 0 heterocycles. The molecule has 2 unspecified atom stereocenters. The molecule has 0 amide bonds. The minimum atomic E-state index is -0.171. The van der Waals surface area contributed by atoms with E-state index in [1.807, 2.05) is 6.92 Å². The van der Waals surface area contributed by atoms with Crippen LogP contribution in [0.2, 0.25) is 0 Å². The van der Waals surface area contributed by atoms with Crippen molar-refractivity contribution in [2.24, 2.45) is 5.92 Å². The minimum absolute atomic E-state index is 0.171. The van der Waals surface area contributed by atoms with Gasteiger partial charge in [-0.05, 0) is 32.1 Å². The van der Waals surface area contributed by atoms with Gasteiger partial charge >= 0.3 is 0 Å². The largest absolute Gasteiger partial charge is 0.393 e. The first-order valence-corrected chi connectivity index (χ1v) is 4.28. The number of terminal acetylenes is 1. The minimum Gasteiger partial charge on any atom is -0.393 e. The van der Waals surface area contributed by atoms with E-state index in [0.29, 0.717) is 5.92 Å². The van der Waals surface area contributed by atoms with E-state index in [4.69, 9.17) is 11.5 Å². The molecule has 0 spiro atoms. The van der Waals surface area contributed by atoms with Crippen LogP contribution >= 0.6 is 0 Å². The molecule has 0 aliphatic carbocycles. The molecule has 11 heavy (non-hydrogen) atoms. The Kier molecular flexibility index (Phi) is 5.97. The molecule has 0 radical (unpaired) electrons. The molecule has 0 saturated carbocycles. The average Bonchev–Trinajstić information content (AvgIpc) is 1.86. The van der Waals surface area contributed by atoms with Gasteiger partial charge in [0.1, 0.15) is 0 Å². The number of rotatable bonds is 5. The van der Waals surface area contributed by atoms with E-state index in [2.05, 4.69) is 12.8 Å². The molecule has 0 fully saturated rings. The maximum absolute atomic E-state index is 9.04. The summed E-state index contributed by atoms with van der Waals surface area (Å²) in [6.07, 6.45) is 8.93. The summed E-state index contributed by atoms with van der Waals surface area (Å²) in [7, 11) is 0. The fourth-order valence-corrected chi connectivity index (χ4v) is 1.25. The van der Waals surface area contributed by atoms with Crippen molar-refractivity contribution in [1.82, 2.24) is 0 Å². The average molecular weight is 154 g/mol. The highest BCUT2D eigenvalue weighted by atomic mass is 16.3. The Morgan fingerprint density at radius 2 is 2.09 bits per heavy atom. The third-order valence-corrected chi connectivity index (χ3v) is 1.76. The van der Waals surface area contributed by atoms with Gasteiger partial charge in [-0.1, -0.05) is 6.92 Å². The Morgan fingerprint density at radius 3 is 2.55 bits per heavy atom. The van der Waals surface area contributed by atoms with E-state index in [1.54, 1.807) is 0 Å². The topological polar surface area (TPSA) is 20.2 Å². The smallest absolute Gasteiger partial charge is 0.0514 e. The Labute approximate surface area is 69.8 Å². The third kappa shape index (κ3) is 7.42. The molecule has 0 aliphatic heterocycles. The summed E-state index contributed by atoms with van der Waals surface area (Å²) in [5.74, 6) is 3.21. The first-order valence-electron chi connectivity index (χ1n) is 4.28. The zero-order valence-corrected chi connectivity index (χ0v) is 7.51. The highest BCUT2D eigenvalue weighted by Gasteiger charge is 2.04. The number of unbranched alkanes of at least 4 members (excludes halogenated alkanes) is 1. The van der Waals surface area contributed by atoms with Crippen molar-refractivity contribution >= 4 is 0 Å². The number of hydrogen-bond donors (Lipinski definition) is 1. The van der Waals surface area contributed by atoms with Crippen LogP contribution in [0.15, 0.2) is 0 Å². The Balaban J connectivity index is 3.24. The lowest BCUT2D eigenvalue weighted by molar-refractivity contribution is 0.161. The predicted octanol–water partition coefficient (Wildman–Crippen LogP) is 2.20. The van der Waals surface area contributed by atoms with E-state index in [0.717, 1.165) is 25.7 Å². The lowest BCUT2D eigenvalue weighted by Gasteiger charge is -2.11. The van der Waals surface area contributed by atoms with Crippen LogP contribution in [0.5, 0.6) is 0 Å². The van der Waals surface area contributed by atoms with Crippen LogP contribution in [0, 0.1) is 18.3 Å². The summed E-state index contributed by atoms with van der Waals surface area (Å²) in [6.45, 7) is 3.99. The summed E-state index contributed by atoms with van der Waals surface area (Å²) in [5, 5.41) is 9.04. The maximum Gasteiger partial charge on any atom is 0.0514 e. The van der Waals surface area contributed by atoms with Crippen LogP contribution in [-0.2, 0) is 0 Å². The quantitative estimate of drug-likeness (QED) is 0.475. The molecular formula is C10H18O. The highest BCUT2D eigenvalue weighted by Crippen LogP contribution is 2.13. The molecule has 0 saturated heterocycles. The molecule has 0 aromatic carbocycles. The second-order valence-electron chi connectivity index (χ2n) is 3.29. The molecule has 1 heteroatoms. The van der Waals surface area contributed by atoms with Crippen molar-refractivity contribution in [3.8, 4) is 12.3 Å². The monoisotopic (exact) mass is 154 g/mol. The van der Waals surface area contributed by atoms with Crippen molar-refractivity contribution in [3.05, 3.63) is 0 Å². The molecular weight excluding hydrogens is 136 g/mol. The van der Waals surface area contributed by atoms with E-state index in [-0.39, 0.29) is 6.10 Å². The molecule has 1 nitrogen and oxygen atoms in total. The Hall–Kier alpha value is -0.480. The van der Waals surface area contributed by atoms with Crippen molar-refractivity contribution in [1.29, 1.82) is 0 Å². The van der Waals surface area contributed by atoms with Gasteiger partial charge in [0.25, 0.3) is 0 Å². The standard InChI is InChI=1S/C10H18O/c1-4-5-6-7-9(2)8-10(3)11/h1,9-11H,5-8H2,2-3H3. The molecule has 0 rings (SSSR count). The second-order valence-corrected chi connectivity index (χ2v) is 3.29. The van der Waals surface area contributed by atoms with Gasteiger partial charge in [0.05, 0.1) is 6.10 Å². The van der Waals surface area contributed by atoms with Crippen LogP contribution in [-0.4, -0.2) is 11.2 Å². The molecule has 0 aliphatic rings. The third-order valence-electron chi connectivity index (χ3n) is 1.76. The fourth-order valence-electron chi connectivity index (χ4n) is 1.25. The fraction of sp³-hybridized carbons (Fsp3) is 0.800. The van der Waals surface area contributed by atoms with Crippen LogP contribution in [0.25, 0.3) is 0 Å². The lowest BCUT2D eigenvalue weighted by atomic mass is 9.98. The van der Waals surface area contributed by atoms with E-state index < -0.39 is 0 Å².